The van der Waals surface area contributed by atoms with Gasteiger partial charge in [0.1, 0.15) is 4.90 Å². The Morgan fingerprint density at radius 2 is 1.78 bits per heavy atom. The summed E-state index contributed by atoms with van der Waals surface area (Å²) in [5, 5.41) is 3.08. The zero-order chi connectivity index (χ0) is 19.6. The number of morpholine rings is 1. The summed E-state index contributed by atoms with van der Waals surface area (Å²) in [6, 6.07) is 9.15. The molecule has 1 aliphatic rings. The molecule has 1 heterocycles. The molecule has 1 fully saturated rings. The second kappa shape index (κ2) is 8.46. The number of nitrogens with one attached hydrogen (secondary N) is 1. The van der Waals surface area contributed by atoms with Crippen LogP contribution in [0.15, 0.2) is 45.8 Å². The van der Waals surface area contributed by atoms with E-state index in [1.165, 1.54) is 22.5 Å². The van der Waals surface area contributed by atoms with Crippen LogP contribution in [0.4, 0.5) is 5.69 Å². The second-order valence-corrected chi connectivity index (χ2v) is 9.38. The topological polar surface area (TPSA) is 75.7 Å². The minimum absolute atomic E-state index is 0.0553. The highest BCUT2D eigenvalue weighted by molar-refractivity contribution is 9.10. The number of ether oxygens (including phenoxy) is 1. The number of anilines is 1. The lowest BCUT2D eigenvalue weighted by Gasteiger charge is -2.26. The van der Waals surface area contributed by atoms with Crippen molar-refractivity contribution in [1.29, 1.82) is 0 Å². The molecule has 0 spiro atoms. The first-order valence-corrected chi connectivity index (χ1v) is 10.9. The summed E-state index contributed by atoms with van der Waals surface area (Å²) in [4.78, 5) is 12.5. The Labute approximate surface area is 175 Å². The summed E-state index contributed by atoms with van der Waals surface area (Å²) in [6.45, 7) is 1.12. The summed E-state index contributed by atoms with van der Waals surface area (Å²) in [6.07, 6.45) is 0. The monoisotopic (exact) mass is 492 g/mol. The maximum atomic E-state index is 12.9. The van der Waals surface area contributed by atoms with Gasteiger partial charge in [-0.15, -0.1) is 0 Å². The van der Waals surface area contributed by atoms with Crippen LogP contribution >= 0.6 is 39.1 Å². The highest BCUT2D eigenvalue weighted by Crippen LogP contribution is 2.29. The largest absolute Gasteiger partial charge is 0.379 e. The molecule has 0 unspecified atom stereocenters. The molecule has 1 aliphatic heterocycles. The number of sulfonamides is 1. The van der Waals surface area contributed by atoms with E-state index in [1.54, 1.807) is 18.2 Å². The number of amides is 1. The molecule has 1 saturated heterocycles. The predicted molar refractivity (Wildman–Crippen MR) is 108 cm³/mol. The minimum Gasteiger partial charge on any atom is -0.379 e. The van der Waals surface area contributed by atoms with Crippen molar-refractivity contribution >= 4 is 60.7 Å². The van der Waals surface area contributed by atoms with E-state index in [4.69, 9.17) is 27.9 Å². The average Bonchev–Trinajstić information content (AvgIpc) is 2.65. The van der Waals surface area contributed by atoms with E-state index in [2.05, 4.69) is 21.2 Å². The van der Waals surface area contributed by atoms with Crippen molar-refractivity contribution in [1.82, 2.24) is 4.31 Å². The molecule has 3 rings (SSSR count). The summed E-state index contributed by atoms with van der Waals surface area (Å²) in [5.41, 5.74) is 0.572. The van der Waals surface area contributed by atoms with Crippen molar-refractivity contribution in [3.8, 4) is 0 Å². The van der Waals surface area contributed by atoms with E-state index in [1.807, 2.05) is 0 Å². The fourth-order valence-corrected chi connectivity index (χ4v) is 5.18. The van der Waals surface area contributed by atoms with Crippen molar-refractivity contribution in [3.63, 3.8) is 0 Å². The first-order chi connectivity index (χ1) is 12.8. The van der Waals surface area contributed by atoms with E-state index in [9.17, 15) is 13.2 Å². The van der Waals surface area contributed by atoms with Crippen LogP contribution < -0.4 is 5.32 Å². The number of halogens is 3. The normalized spacial score (nSPS) is 15.5. The molecule has 0 bridgehead atoms. The first kappa shape index (κ1) is 20.6. The molecular formula is C17H15BrCl2N2O4S. The van der Waals surface area contributed by atoms with Gasteiger partial charge >= 0.3 is 0 Å². The van der Waals surface area contributed by atoms with E-state index in [-0.39, 0.29) is 28.6 Å². The fraction of sp³-hybridized carbons (Fsp3) is 0.235. The Bertz CT molecular complexity index is 979. The van der Waals surface area contributed by atoms with Crippen molar-refractivity contribution in [2.24, 2.45) is 0 Å². The third-order valence-corrected chi connectivity index (χ3v) is 7.15. The Hall–Kier alpha value is -1.16. The number of benzene rings is 2. The van der Waals surface area contributed by atoms with Gasteiger partial charge in [0, 0.05) is 23.1 Å². The molecule has 2 aromatic rings. The molecule has 6 nitrogen and oxygen atoms in total. The fourth-order valence-electron chi connectivity index (χ4n) is 2.55. The summed E-state index contributed by atoms with van der Waals surface area (Å²) >= 11 is 15.5. The summed E-state index contributed by atoms with van der Waals surface area (Å²) < 4.78 is 33.0. The SMILES string of the molecule is O=C(Nc1ccc(Br)cc1Cl)c1ccc(Cl)c(S(=O)(=O)N2CCOCC2)c1. The van der Waals surface area contributed by atoms with Crippen LogP contribution in [0.25, 0.3) is 0 Å². The van der Waals surface area contributed by atoms with Gasteiger partial charge in [-0.3, -0.25) is 4.79 Å². The van der Waals surface area contributed by atoms with Crippen LogP contribution in [0.1, 0.15) is 10.4 Å². The molecular weight excluding hydrogens is 479 g/mol. The van der Waals surface area contributed by atoms with Gasteiger partial charge in [-0.05, 0) is 36.4 Å². The molecule has 0 radical (unpaired) electrons. The van der Waals surface area contributed by atoms with Crippen molar-refractivity contribution in [2.45, 2.75) is 4.90 Å². The lowest BCUT2D eigenvalue weighted by Crippen LogP contribution is -2.40. The van der Waals surface area contributed by atoms with Crippen molar-refractivity contribution in [2.75, 3.05) is 31.6 Å². The van der Waals surface area contributed by atoms with Crippen LogP contribution in [0.2, 0.25) is 10.0 Å². The molecule has 0 atom stereocenters. The van der Waals surface area contributed by atoms with Gasteiger partial charge in [-0.25, -0.2) is 8.42 Å². The Morgan fingerprint density at radius 1 is 1.07 bits per heavy atom. The smallest absolute Gasteiger partial charge is 0.255 e. The van der Waals surface area contributed by atoms with Gasteiger partial charge in [0.15, 0.2) is 0 Å². The van der Waals surface area contributed by atoms with Crippen LogP contribution in [-0.2, 0) is 14.8 Å². The third kappa shape index (κ3) is 4.64. The molecule has 0 aromatic heterocycles. The van der Waals surface area contributed by atoms with Gasteiger partial charge in [0.25, 0.3) is 5.91 Å². The maximum Gasteiger partial charge on any atom is 0.255 e. The first-order valence-electron chi connectivity index (χ1n) is 7.93. The molecule has 144 valence electrons. The standard InChI is InChI=1S/C17H15BrCl2N2O4S/c18-12-2-4-15(14(20)10-12)21-17(23)11-1-3-13(19)16(9-11)27(24,25)22-5-7-26-8-6-22/h1-4,9-10H,5-8H2,(H,21,23). The maximum absolute atomic E-state index is 12.9. The van der Waals surface area contributed by atoms with Crippen molar-refractivity contribution < 1.29 is 17.9 Å². The van der Waals surface area contributed by atoms with E-state index in [0.717, 1.165) is 4.47 Å². The lowest BCUT2D eigenvalue weighted by molar-refractivity contribution is 0.0730. The van der Waals surface area contributed by atoms with Crippen LogP contribution in [0, 0.1) is 0 Å². The third-order valence-electron chi connectivity index (χ3n) is 3.96. The van der Waals surface area contributed by atoms with E-state index >= 15 is 0 Å². The van der Waals surface area contributed by atoms with Gasteiger partial charge in [-0.2, -0.15) is 4.31 Å². The summed E-state index contributed by atoms with van der Waals surface area (Å²) in [5.74, 6) is -0.491. The molecule has 27 heavy (non-hydrogen) atoms. The average molecular weight is 494 g/mol. The number of nitrogens with zero attached hydrogens (tertiary/aromatic N) is 1. The van der Waals surface area contributed by atoms with Crippen molar-refractivity contribution in [3.05, 3.63) is 56.5 Å². The van der Waals surface area contributed by atoms with Crippen LogP contribution in [0.5, 0.6) is 0 Å². The zero-order valence-electron chi connectivity index (χ0n) is 13.9. The van der Waals surface area contributed by atoms with E-state index < -0.39 is 15.9 Å². The minimum atomic E-state index is -3.83. The molecule has 10 heteroatoms. The molecule has 0 saturated carbocycles. The highest BCUT2D eigenvalue weighted by Gasteiger charge is 2.29. The number of carbonyl (C=O) groups is 1. The number of hydrogen-bond donors (Lipinski definition) is 1. The van der Waals surface area contributed by atoms with E-state index in [0.29, 0.717) is 23.9 Å². The number of rotatable bonds is 4. The Kier molecular flexibility index (Phi) is 6.45. The number of hydrogen-bond acceptors (Lipinski definition) is 4. The Morgan fingerprint density at radius 3 is 2.44 bits per heavy atom. The Balaban J connectivity index is 1.89. The van der Waals surface area contributed by atoms with Gasteiger partial charge < -0.3 is 10.1 Å². The summed E-state index contributed by atoms with van der Waals surface area (Å²) in [7, 11) is -3.83. The quantitative estimate of drug-likeness (QED) is 0.697. The molecule has 0 aliphatic carbocycles. The number of carbonyl (C=O) groups excluding carboxylic acids is 1. The molecule has 2 aromatic carbocycles. The van der Waals surface area contributed by atoms with Crippen LogP contribution in [0.3, 0.4) is 0 Å². The lowest BCUT2D eigenvalue weighted by atomic mass is 10.2. The molecule has 1 amide bonds. The van der Waals surface area contributed by atoms with Crippen LogP contribution in [-0.4, -0.2) is 44.9 Å². The van der Waals surface area contributed by atoms with Gasteiger partial charge in [-0.1, -0.05) is 39.1 Å². The molecule has 1 N–H and O–H groups in total. The van der Waals surface area contributed by atoms with Gasteiger partial charge in [0.2, 0.25) is 10.0 Å². The predicted octanol–water partition coefficient (Wildman–Crippen LogP) is 4.03. The highest BCUT2D eigenvalue weighted by atomic mass is 79.9. The second-order valence-electron chi connectivity index (χ2n) is 5.74. The van der Waals surface area contributed by atoms with Gasteiger partial charge in [0.05, 0.1) is 28.9 Å². The zero-order valence-corrected chi connectivity index (χ0v) is 17.8.